The lowest BCUT2D eigenvalue weighted by Crippen LogP contribution is -2.64. The molecule has 1 unspecified atom stereocenters. The first-order valence-corrected chi connectivity index (χ1v) is 5.42. The molecule has 0 aromatic rings. The molecule has 0 aromatic carbocycles. The first kappa shape index (κ1) is 10.7. The maximum absolute atomic E-state index is 10.9. The average molecular weight is 214 g/mol. The summed E-state index contributed by atoms with van der Waals surface area (Å²) < 4.78 is 5.19. The third kappa shape index (κ3) is 1.94. The molecular weight excluding hydrogens is 196 g/mol. The first-order chi connectivity index (χ1) is 7.09. The van der Waals surface area contributed by atoms with Gasteiger partial charge in [-0.15, -0.1) is 0 Å². The van der Waals surface area contributed by atoms with Crippen molar-refractivity contribution in [2.24, 2.45) is 0 Å². The van der Waals surface area contributed by atoms with Gasteiger partial charge in [0.15, 0.2) is 0 Å². The lowest BCUT2D eigenvalue weighted by molar-refractivity contribution is -0.108. The fraction of sp³-hybridized carbons (Fsp3) is 0.900. The van der Waals surface area contributed by atoms with Crippen LogP contribution in [0.5, 0.6) is 0 Å². The molecule has 86 valence electrons. The van der Waals surface area contributed by atoms with E-state index in [1.54, 1.807) is 0 Å². The van der Waals surface area contributed by atoms with Gasteiger partial charge in [-0.25, -0.2) is 4.79 Å². The number of nitrogens with zero attached hydrogens (tertiary/aromatic N) is 2. The second-order valence-corrected chi connectivity index (χ2v) is 4.52. The molecule has 5 nitrogen and oxygen atoms in total. The van der Waals surface area contributed by atoms with Crippen molar-refractivity contribution >= 4 is 6.09 Å². The summed E-state index contributed by atoms with van der Waals surface area (Å²) in [5.41, 5.74) is 0. The molecule has 0 bridgehead atoms. The van der Waals surface area contributed by atoms with Gasteiger partial charge < -0.3 is 14.7 Å². The number of rotatable bonds is 1. The van der Waals surface area contributed by atoms with Gasteiger partial charge in [0.1, 0.15) is 0 Å². The summed E-state index contributed by atoms with van der Waals surface area (Å²) in [4.78, 5) is 14.8. The van der Waals surface area contributed by atoms with Crippen molar-refractivity contribution in [1.82, 2.24) is 9.80 Å². The molecule has 2 saturated heterocycles. The molecule has 0 spiro atoms. The molecule has 2 heterocycles. The minimum absolute atomic E-state index is 0.291. The molecule has 0 saturated carbocycles. The monoisotopic (exact) mass is 214 g/mol. The predicted molar refractivity (Wildman–Crippen MR) is 55.0 cm³/mol. The minimum atomic E-state index is -0.807. The highest BCUT2D eigenvalue weighted by Crippen LogP contribution is 2.22. The highest BCUT2D eigenvalue weighted by molar-refractivity contribution is 5.65. The summed E-state index contributed by atoms with van der Waals surface area (Å²) >= 11 is 0. The summed E-state index contributed by atoms with van der Waals surface area (Å²) in [7, 11) is 0. The molecule has 0 aliphatic carbocycles. The summed E-state index contributed by atoms with van der Waals surface area (Å²) in [5, 5.41) is 8.95. The second kappa shape index (κ2) is 3.98. The SMILES string of the molecule is CC1CN(C(=O)O)C[C@@H](C)N1C1COC1. The van der Waals surface area contributed by atoms with Gasteiger partial charge >= 0.3 is 6.09 Å². The Labute approximate surface area is 89.6 Å². The van der Waals surface area contributed by atoms with E-state index in [2.05, 4.69) is 18.7 Å². The molecule has 1 N–H and O–H groups in total. The number of hydrogen-bond acceptors (Lipinski definition) is 3. The van der Waals surface area contributed by atoms with E-state index in [0.29, 0.717) is 31.2 Å². The number of piperazine rings is 1. The van der Waals surface area contributed by atoms with Gasteiger partial charge in [0.05, 0.1) is 19.3 Å². The Morgan fingerprint density at radius 2 is 1.80 bits per heavy atom. The highest BCUT2D eigenvalue weighted by Gasteiger charge is 2.38. The van der Waals surface area contributed by atoms with Crippen molar-refractivity contribution in [2.45, 2.75) is 32.0 Å². The Kier molecular flexibility index (Phi) is 2.84. The van der Waals surface area contributed by atoms with E-state index in [-0.39, 0.29) is 0 Å². The van der Waals surface area contributed by atoms with Crippen LogP contribution in [0.2, 0.25) is 0 Å². The van der Waals surface area contributed by atoms with Crippen LogP contribution in [0, 0.1) is 0 Å². The molecule has 5 heteroatoms. The molecule has 2 aliphatic rings. The van der Waals surface area contributed by atoms with Crippen molar-refractivity contribution in [3.8, 4) is 0 Å². The van der Waals surface area contributed by atoms with Gasteiger partial charge in [-0.1, -0.05) is 0 Å². The Balaban J connectivity index is 2.00. The van der Waals surface area contributed by atoms with Crippen LogP contribution < -0.4 is 0 Å². The van der Waals surface area contributed by atoms with Gasteiger partial charge in [0.2, 0.25) is 0 Å². The Bertz CT molecular complexity index is 243. The normalized spacial score (nSPS) is 33.9. The van der Waals surface area contributed by atoms with Crippen LogP contribution >= 0.6 is 0 Å². The molecular formula is C10H18N2O3. The van der Waals surface area contributed by atoms with E-state index in [1.165, 1.54) is 4.90 Å². The van der Waals surface area contributed by atoms with Gasteiger partial charge in [0, 0.05) is 25.2 Å². The Morgan fingerprint density at radius 1 is 1.27 bits per heavy atom. The summed E-state index contributed by atoms with van der Waals surface area (Å²) in [6.07, 6.45) is -0.807. The topological polar surface area (TPSA) is 53.0 Å². The molecule has 2 atom stereocenters. The molecule has 1 amide bonds. The van der Waals surface area contributed by atoms with Crippen LogP contribution in [0.3, 0.4) is 0 Å². The van der Waals surface area contributed by atoms with Crippen molar-refractivity contribution in [3.05, 3.63) is 0 Å². The lowest BCUT2D eigenvalue weighted by atomic mass is 10.0. The predicted octanol–water partition coefficient (Wildman–Crippen LogP) is 0.458. The third-order valence-electron chi connectivity index (χ3n) is 3.30. The number of carbonyl (C=O) groups is 1. The fourth-order valence-corrected chi connectivity index (χ4v) is 2.61. The maximum Gasteiger partial charge on any atom is 0.407 e. The van der Waals surface area contributed by atoms with E-state index in [1.807, 2.05) is 0 Å². The molecule has 15 heavy (non-hydrogen) atoms. The number of ether oxygens (including phenoxy) is 1. The zero-order valence-electron chi connectivity index (χ0n) is 9.22. The number of hydrogen-bond donors (Lipinski definition) is 1. The van der Waals surface area contributed by atoms with Crippen LogP contribution in [0.25, 0.3) is 0 Å². The molecule has 2 fully saturated rings. The number of amides is 1. The van der Waals surface area contributed by atoms with E-state index in [9.17, 15) is 4.79 Å². The largest absolute Gasteiger partial charge is 0.465 e. The Hall–Kier alpha value is -0.810. The zero-order chi connectivity index (χ0) is 11.0. The molecule has 0 aromatic heterocycles. The summed E-state index contributed by atoms with van der Waals surface area (Å²) in [6.45, 7) is 6.98. The molecule has 2 rings (SSSR count). The van der Waals surface area contributed by atoms with Gasteiger partial charge in [-0.2, -0.15) is 0 Å². The minimum Gasteiger partial charge on any atom is -0.465 e. The molecule has 0 radical (unpaired) electrons. The van der Waals surface area contributed by atoms with Crippen LogP contribution in [-0.2, 0) is 4.74 Å². The van der Waals surface area contributed by atoms with Crippen molar-refractivity contribution in [1.29, 1.82) is 0 Å². The van der Waals surface area contributed by atoms with Crippen molar-refractivity contribution in [2.75, 3.05) is 26.3 Å². The summed E-state index contributed by atoms with van der Waals surface area (Å²) in [5.74, 6) is 0. The Morgan fingerprint density at radius 3 is 2.13 bits per heavy atom. The number of carboxylic acid groups (broad SMARTS) is 1. The quantitative estimate of drug-likeness (QED) is 0.689. The third-order valence-corrected chi connectivity index (χ3v) is 3.30. The van der Waals surface area contributed by atoms with E-state index in [4.69, 9.17) is 9.84 Å². The van der Waals surface area contributed by atoms with E-state index < -0.39 is 6.09 Å². The smallest absolute Gasteiger partial charge is 0.407 e. The van der Waals surface area contributed by atoms with Gasteiger partial charge in [-0.05, 0) is 13.8 Å². The van der Waals surface area contributed by atoms with Crippen LogP contribution in [0.1, 0.15) is 13.8 Å². The van der Waals surface area contributed by atoms with Gasteiger partial charge in [-0.3, -0.25) is 4.90 Å². The van der Waals surface area contributed by atoms with Gasteiger partial charge in [0.25, 0.3) is 0 Å². The van der Waals surface area contributed by atoms with E-state index >= 15 is 0 Å². The lowest BCUT2D eigenvalue weighted by Gasteiger charge is -2.49. The van der Waals surface area contributed by atoms with Crippen molar-refractivity contribution < 1.29 is 14.6 Å². The van der Waals surface area contributed by atoms with E-state index in [0.717, 1.165) is 13.2 Å². The van der Waals surface area contributed by atoms with Crippen LogP contribution in [0.4, 0.5) is 4.79 Å². The summed E-state index contributed by atoms with van der Waals surface area (Å²) in [6, 6.07) is 1.07. The highest BCUT2D eigenvalue weighted by atomic mass is 16.5. The first-order valence-electron chi connectivity index (χ1n) is 5.42. The van der Waals surface area contributed by atoms with Crippen LogP contribution in [0.15, 0.2) is 0 Å². The maximum atomic E-state index is 10.9. The van der Waals surface area contributed by atoms with Crippen molar-refractivity contribution in [3.63, 3.8) is 0 Å². The van der Waals surface area contributed by atoms with Crippen LogP contribution in [-0.4, -0.2) is 65.4 Å². The second-order valence-electron chi connectivity index (χ2n) is 4.52. The molecule has 2 aliphatic heterocycles. The standard InChI is InChI=1S/C10H18N2O3/c1-7-3-11(10(13)14)4-8(2)12(7)9-5-15-6-9/h7-9H,3-6H2,1-2H3,(H,13,14)/t7-,8?/m1/s1. The zero-order valence-corrected chi connectivity index (χ0v) is 9.22. The fourth-order valence-electron chi connectivity index (χ4n) is 2.61. The average Bonchev–Trinajstić information content (AvgIpc) is 2.07.